The maximum Gasteiger partial charge on any atom is 0.416 e. The number of carbonyl (C=O) groups is 1. The number of hydrogen-bond acceptors (Lipinski definition) is 3. The maximum absolute atomic E-state index is 12.8. The Bertz CT molecular complexity index is 700. The summed E-state index contributed by atoms with van der Waals surface area (Å²) in [4.78, 5) is 14.1. The number of benzene rings is 1. The third-order valence-corrected chi connectivity index (χ3v) is 4.60. The summed E-state index contributed by atoms with van der Waals surface area (Å²) < 4.78 is 44.0. The summed E-state index contributed by atoms with van der Waals surface area (Å²) >= 11 is 1.45. The van der Waals surface area contributed by atoms with Crippen molar-refractivity contribution in [3.05, 3.63) is 57.8 Å². The second-order valence-corrected chi connectivity index (χ2v) is 6.44. The van der Waals surface area contributed by atoms with Crippen molar-refractivity contribution in [2.75, 3.05) is 19.7 Å². The van der Waals surface area contributed by atoms with Crippen molar-refractivity contribution in [3.63, 3.8) is 0 Å². The van der Waals surface area contributed by atoms with Crippen molar-refractivity contribution in [1.29, 1.82) is 0 Å². The zero-order chi connectivity index (χ0) is 17.2. The summed E-state index contributed by atoms with van der Waals surface area (Å²) in [5, 5.41) is 3.63. The van der Waals surface area contributed by atoms with E-state index in [1.807, 2.05) is 5.38 Å². The normalized spacial score (nSPS) is 18.6. The van der Waals surface area contributed by atoms with Crippen LogP contribution in [0, 0.1) is 0 Å². The molecule has 0 saturated carbocycles. The fraction of sp³-hybridized carbons (Fsp3) is 0.353. The van der Waals surface area contributed by atoms with E-state index >= 15 is 0 Å². The minimum Gasteiger partial charge on any atom is -0.374 e. The smallest absolute Gasteiger partial charge is 0.374 e. The summed E-state index contributed by atoms with van der Waals surface area (Å²) in [6.07, 6.45) is -4.31. The molecule has 2 heterocycles. The average molecular weight is 355 g/mol. The Morgan fingerprint density at radius 2 is 2.17 bits per heavy atom. The Hall–Kier alpha value is -1.86. The van der Waals surface area contributed by atoms with E-state index in [2.05, 4.69) is 0 Å². The monoisotopic (exact) mass is 355 g/mol. The molecule has 1 aromatic carbocycles. The average Bonchev–Trinajstić information content (AvgIpc) is 3.08. The van der Waals surface area contributed by atoms with Crippen molar-refractivity contribution in [2.24, 2.45) is 0 Å². The minimum atomic E-state index is -4.36. The van der Waals surface area contributed by atoms with E-state index in [0.29, 0.717) is 37.2 Å². The molecule has 3 nitrogen and oxygen atoms in total. The molecule has 1 fully saturated rings. The first-order chi connectivity index (χ1) is 11.4. The van der Waals surface area contributed by atoms with Crippen LogP contribution in [0.15, 0.2) is 41.1 Å². The van der Waals surface area contributed by atoms with Crippen molar-refractivity contribution >= 4 is 17.2 Å². The Kier molecular flexibility index (Phi) is 4.91. The molecule has 1 aliphatic rings. The number of ether oxygens (including phenoxy) is 1. The molecule has 0 N–H and O–H groups in total. The molecule has 0 aliphatic carbocycles. The Balaban J connectivity index is 1.67. The SMILES string of the molecule is O=C(c1ccsc1)N1CCO[C@H](Cc2cccc(C(F)(F)F)c2)C1. The summed E-state index contributed by atoms with van der Waals surface area (Å²) in [5.74, 6) is -0.0615. The molecule has 1 atom stereocenters. The lowest BCUT2D eigenvalue weighted by molar-refractivity contribution is -0.137. The van der Waals surface area contributed by atoms with Crippen molar-refractivity contribution in [3.8, 4) is 0 Å². The molecule has 1 aromatic heterocycles. The van der Waals surface area contributed by atoms with Crippen LogP contribution in [0.25, 0.3) is 0 Å². The van der Waals surface area contributed by atoms with Gasteiger partial charge in [-0.05, 0) is 23.1 Å². The highest BCUT2D eigenvalue weighted by Gasteiger charge is 2.31. The molecule has 7 heteroatoms. The van der Waals surface area contributed by atoms with Gasteiger partial charge < -0.3 is 9.64 Å². The molecular weight excluding hydrogens is 339 g/mol. The summed E-state index contributed by atoms with van der Waals surface area (Å²) in [5.41, 5.74) is 0.529. The van der Waals surface area contributed by atoms with Crippen molar-refractivity contribution in [2.45, 2.75) is 18.7 Å². The van der Waals surface area contributed by atoms with Crippen LogP contribution in [0.3, 0.4) is 0 Å². The number of thiophene rings is 1. The van der Waals surface area contributed by atoms with Crippen LogP contribution >= 0.6 is 11.3 Å². The summed E-state index contributed by atoms with van der Waals surface area (Å²) in [7, 11) is 0. The molecular formula is C17H16F3NO2S. The number of halogens is 3. The molecule has 0 bridgehead atoms. The van der Waals surface area contributed by atoms with Gasteiger partial charge in [-0.25, -0.2) is 0 Å². The molecule has 0 unspecified atom stereocenters. The van der Waals surface area contributed by atoms with E-state index in [9.17, 15) is 18.0 Å². The Morgan fingerprint density at radius 3 is 2.88 bits per heavy atom. The van der Waals surface area contributed by atoms with E-state index in [-0.39, 0.29) is 12.0 Å². The van der Waals surface area contributed by atoms with Crippen LogP contribution in [0.5, 0.6) is 0 Å². The Labute approximate surface area is 141 Å². The first-order valence-electron chi connectivity index (χ1n) is 7.53. The van der Waals surface area contributed by atoms with Crippen LogP contribution in [-0.2, 0) is 17.3 Å². The predicted molar refractivity (Wildman–Crippen MR) is 85.1 cm³/mol. The minimum absolute atomic E-state index is 0.0615. The number of carbonyl (C=O) groups excluding carboxylic acids is 1. The molecule has 3 rings (SSSR count). The van der Waals surface area contributed by atoms with Crippen LogP contribution in [0.1, 0.15) is 21.5 Å². The number of nitrogens with zero attached hydrogens (tertiary/aromatic N) is 1. The first kappa shape index (κ1) is 17.0. The quantitative estimate of drug-likeness (QED) is 0.837. The fourth-order valence-electron chi connectivity index (χ4n) is 2.73. The van der Waals surface area contributed by atoms with E-state index < -0.39 is 11.7 Å². The first-order valence-corrected chi connectivity index (χ1v) is 8.47. The lowest BCUT2D eigenvalue weighted by atomic mass is 10.0. The number of alkyl halides is 3. The zero-order valence-electron chi connectivity index (χ0n) is 12.8. The molecule has 24 heavy (non-hydrogen) atoms. The van der Waals surface area contributed by atoms with Gasteiger partial charge in [-0.1, -0.05) is 18.2 Å². The molecule has 0 spiro atoms. The van der Waals surface area contributed by atoms with Gasteiger partial charge in [-0.15, -0.1) is 0 Å². The third kappa shape index (κ3) is 3.96. The van der Waals surface area contributed by atoms with Gasteiger partial charge in [0.25, 0.3) is 5.91 Å². The second kappa shape index (κ2) is 6.94. The molecule has 2 aromatic rings. The van der Waals surface area contributed by atoms with Crippen LogP contribution in [0.2, 0.25) is 0 Å². The highest BCUT2D eigenvalue weighted by molar-refractivity contribution is 7.08. The van der Waals surface area contributed by atoms with E-state index in [0.717, 1.165) is 12.1 Å². The van der Waals surface area contributed by atoms with Gasteiger partial charge in [-0.3, -0.25) is 4.79 Å². The predicted octanol–water partition coefficient (Wildman–Crippen LogP) is 3.85. The van der Waals surface area contributed by atoms with Gasteiger partial charge in [-0.2, -0.15) is 24.5 Å². The van der Waals surface area contributed by atoms with Gasteiger partial charge >= 0.3 is 6.18 Å². The van der Waals surface area contributed by atoms with Crippen LogP contribution < -0.4 is 0 Å². The lowest BCUT2D eigenvalue weighted by Crippen LogP contribution is -2.46. The van der Waals surface area contributed by atoms with E-state index in [1.54, 1.807) is 22.4 Å². The largest absolute Gasteiger partial charge is 0.416 e. The highest BCUT2D eigenvalue weighted by Crippen LogP contribution is 2.30. The molecule has 0 radical (unpaired) electrons. The van der Waals surface area contributed by atoms with Crippen LogP contribution in [-0.4, -0.2) is 36.6 Å². The fourth-order valence-corrected chi connectivity index (χ4v) is 3.36. The highest BCUT2D eigenvalue weighted by atomic mass is 32.1. The molecule has 1 aliphatic heterocycles. The van der Waals surface area contributed by atoms with Gasteiger partial charge in [0.15, 0.2) is 0 Å². The summed E-state index contributed by atoms with van der Waals surface area (Å²) in [6, 6.07) is 7.01. The maximum atomic E-state index is 12.8. The van der Waals surface area contributed by atoms with Gasteiger partial charge in [0.1, 0.15) is 0 Å². The number of rotatable bonds is 3. The van der Waals surface area contributed by atoms with Crippen molar-refractivity contribution < 1.29 is 22.7 Å². The van der Waals surface area contributed by atoms with Gasteiger partial charge in [0.05, 0.1) is 23.8 Å². The zero-order valence-corrected chi connectivity index (χ0v) is 13.6. The van der Waals surface area contributed by atoms with Crippen LogP contribution in [0.4, 0.5) is 13.2 Å². The lowest BCUT2D eigenvalue weighted by Gasteiger charge is -2.33. The molecule has 128 valence electrons. The third-order valence-electron chi connectivity index (χ3n) is 3.91. The van der Waals surface area contributed by atoms with Gasteiger partial charge in [0, 0.05) is 24.9 Å². The second-order valence-electron chi connectivity index (χ2n) is 5.66. The van der Waals surface area contributed by atoms with E-state index in [1.165, 1.54) is 17.4 Å². The number of amides is 1. The van der Waals surface area contributed by atoms with Gasteiger partial charge in [0.2, 0.25) is 0 Å². The molecule has 1 amide bonds. The topological polar surface area (TPSA) is 29.5 Å². The number of morpholine rings is 1. The molecule has 1 saturated heterocycles. The standard InChI is InChI=1S/C17H16F3NO2S/c18-17(19,20)14-3-1-2-12(8-14)9-15-10-21(5-6-23-15)16(22)13-4-7-24-11-13/h1-4,7-8,11,15H,5-6,9-10H2/t15-/m1/s1. The van der Waals surface area contributed by atoms with E-state index in [4.69, 9.17) is 4.74 Å². The summed E-state index contributed by atoms with van der Waals surface area (Å²) in [6.45, 7) is 1.26. The number of hydrogen-bond donors (Lipinski definition) is 0. The Morgan fingerprint density at radius 1 is 1.33 bits per heavy atom. The van der Waals surface area contributed by atoms with Crippen molar-refractivity contribution in [1.82, 2.24) is 4.90 Å².